The third-order valence-corrected chi connectivity index (χ3v) is 6.54. The zero-order chi connectivity index (χ0) is 22.1. The Balaban J connectivity index is 1.52. The number of hydrogen-bond donors (Lipinski definition) is 0. The molecule has 0 radical (unpaired) electrons. The Labute approximate surface area is 190 Å². The first-order valence-electron chi connectivity index (χ1n) is 11.6. The van der Waals surface area contributed by atoms with Crippen molar-refractivity contribution in [3.63, 3.8) is 0 Å². The van der Waals surface area contributed by atoms with E-state index in [0.29, 0.717) is 6.61 Å². The van der Waals surface area contributed by atoms with Gasteiger partial charge in [-0.3, -0.25) is 0 Å². The van der Waals surface area contributed by atoms with E-state index in [0.717, 1.165) is 56.7 Å². The van der Waals surface area contributed by atoms with Crippen LogP contribution in [-0.2, 0) is 14.2 Å². The summed E-state index contributed by atoms with van der Waals surface area (Å²) in [5, 5.41) is 0. The van der Waals surface area contributed by atoms with Gasteiger partial charge < -0.3 is 24.0 Å². The van der Waals surface area contributed by atoms with E-state index in [1.165, 1.54) is 22.4 Å². The van der Waals surface area contributed by atoms with Crippen LogP contribution in [0.15, 0.2) is 83.3 Å². The second-order valence-electron chi connectivity index (χ2n) is 9.18. The Bertz CT molecular complexity index is 1020. The van der Waals surface area contributed by atoms with Gasteiger partial charge in [-0.15, -0.1) is 0 Å². The van der Waals surface area contributed by atoms with Crippen molar-refractivity contribution in [3.8, 4) is 0 Å². The molecule has 0 N–H and O–H groups in total. The first-order chi connectivity index (χ1) is 15.5. The van der Waals surface area contributed by atoms with Gasteiger partial charge in [0.25, 0.3) is 0 Å². The van der Waals surface area contributed by atoms with Crippen LogP contribution in [0, 0.1) is 0 Å². The lowest BCUT2D eigenvalue weighted by atomic mass is 9.91. The van der Waals surface area contributed by atoms with Gasteiger partial charge in [0.2, 0.25) is 0 Å². The molecule has 1 aliphatic carbocycles. The van der Waals surface area contributed by atoms with Crippen LogP contribution in [0.25, 0.3) is 5.57 Å². The summed E-state index contributed by atoms with van der Waals surface area (Å²) in [6.45, 7) is 11.5. The quantitative estimate of drug-likeness (QED) is 0.681. The molecule has 3 aliphatic heterocycles. The number of benzene rings is 1. The molecule has 4 aliphatic rings. The van der Waals surface area contributed by atoms with Crippen LogP contribution in [-0.4, -0.2) is 54.8 Å². The lowest BCUT2D eigenvalue weighted by Gasteiger charge is -2.33. The Hall–Kier alpha value is -2.92. The molecule has 5 heteroatoms. The molecule has 1 aromatic carbocycles. The molecule has 32 heavy (non-hydrogen) atoms. The summed E-state index contributed by atoms with van der Waals surface area (Å²) in [7, 11) is 0. The Kier molecular flexibility index (Phi) is 5.60. The molecule has 5 nitrogen and oxygen atoms in total. The van der Waals surface area contributed by atoms with Crippen molar-refractivity contribution in [3.05, 3.63) is 88.9 Å². The number of likely N-dealkylation sites (N-methyl/N-ethyl adjacent to an activating group) is 1. The number of hydrogen-bond acceptors (Lipinski definition) is 5. The van der Waals surface area contributed by atoms with Crippen molar-refractivity contribution in [1.29, 1.82) is 0 Å². The highest BCUT2D eigenvalue weighted by molar-refractivity contribution is 5.82. The van der Waals surface area contributed by atoms with E-state index in [2.05, 4.69) is 79.1 Å². The second-order valence-corrected chi connectivity index (χ2v) is 9.18. The Morgan fingerprint density at radius 1 is 1.06 bits per heavy atom. The first kappa shape index (κ1) is 21.0. The molecule has 3 heterocycles. The van der Waals surface area contributed by atoms with Crippen molar-refractivity contribution >= 4 is 5.57 Å². The van der Waals surface area contributed by atoms with Crippen LogP contribution < -0.4 is 0 Å². The molecule has 0 amide bonds. The molecule has 168 valence electrons. The summed E-state index contributed by atoms with van der Waals surface area (Å²) in [6, 6.07) is 10.6. The van der Waals surface area contributed by atoms with E-state index in [4.69, 9.17) is 14.2 Å². The van der Waals surface area contributed by atoms with Gasteiger partial charge in [-0.2, -0.15) is 0 Å². The minimum Gasteiger partial charge on any atom is -0.476 e. The molecule has 0 bridgehead atoms. The fourth-order valence-corrected chi connectivity index (χ4v) is 4.83. The molecule has 5 rings (SSSR count). The Morgan fingerprint density at radius 3 is 2.59 bits per heavy atom. The van der Waals surface area contributed by atoms with Crippen molar-refractivity contribution in [1.82, 2.24) is 9.80 Å². The van der Waals surface area contributed by atoms with Crippen LogP contribution in [0.3, 0.4) is 0 Å². The maximum Gasteiger partial charge on any atom is 0.193 e. The molecular formula is C27H32N2O3. The number of fused-ring (bicyclic) bond motifs is 1. The van der Waals surface area contributed by atoms with Gasteiger partial charge in [0.1, 0.15) is 18.1 Å². The van der Waals surface area contributed by atoms with Gasteiger partial charge >= 0.3 is 0 Å². The third-order valence-electron chi connectivity index (χ3n) is 6.54. The van der Waals surface area contributed by atoms with Crippen molar-refractivity contribution in [2.45, 2.75) is 32.7 Å². The lowest BCUT2D eigenvalue weighted by Crippen LogP contribution is -2.39. The zero-order valence-corrected chi connectivity index (χ0v) is 19.3. The maximum absolute atomic E-state index is 6.47. The summed E-state index contributed by atoms with van der Waals surface area (Å²) < 4.78 is 18.1. The van der Waals surface area contributed by atoms with Crippen molar-refractivity contribution in [2.75, 3.05) is 39.5 Å². The molecule has 2 saturated heterocycles. The SMILES string of the molecule is CCN1C(=CC2=CC(c3ccccc3)=C3CC=C(N4CCOCC4)C=C3O2)OCC1(C)C. The highest BCUT2D eigenvalue weighted by Gasteiger charge is 2.36. The fraction of sp³-hybridized carbons (Fsp3) is 0.407. The Morgan fingerprint density at radius 2 is 1.84 bits per heavy atom. The fourth-order valence-electron chi connectivity index (χ4n) is 4.83. The standard InChI is InChI=1S/C27H32N2O3/c1-4-29-26(31-19-27(29,2)3)18-22-17-24(20-8-6-5-7-9-20)23-11-10-21(16-25(23)32-22)28-12-14-30-15-13-28/h5-10,16-18H,4,11-15,19H2,1-3H3. The average Bonchev–Trinajstić information content (AvgIpc) is 3.12. The van der Waals surface area contributed by atoms with Crippen LogP contribution in [0.5, 0.6) is 0 Å². The number of ether oxygens (including phenoxy) is 3. The monoisotopic (exact) mass is 432 g/mol. The van der Waals surface area contributed by atoms with E-state index in [1.807, 2.05) is 6.08 Å². The molecular weight excluding hydrogens is 400 g/mol. The third kappa shape index (κ3) is 3.97. The average molecular weight is 433 g/mol. The predicted molar refractivity (Wildman–Crippen MR) is 126 cm³/mol. The van der Waals surface area contributed by atoms with Gasteiger partial charge in [-0.1, -0.05) is 36.4 Å². The van der Waals surface area contributed by atoms with E-state index in [1.54, 1.807) is 0 Å². The highest BCUT2D eigenvalue weighted by atomic mass is 16.5. The minimum absolute atomic E-state index is 0.0184. The van der Waals surface area contributed by atoms with Crippen LogP contribution in [0.4, 0.5) is 0 Å². The molecule has 2 fully saturated rings. The smallest absolute Gasteiger partial charge is 0.193 e. The van der Waals surface area contributed by atoms with E-state index in [9.17, 15) is 0 Å². The lowest BCUT2D eigenvalue weighted by molar-refractivity contribution is 0.0549. The van der Waals surface area contributed by atoms with Crippen LogP contribution in [0.1, 0.15) is 32.8 Å². The second kappa shape index (κ2) is 8.55. The summed E-state index contributed by atoms with van der Waals surface area (Å²) in [5.41, 5.74) is 4.86. The summed E-state index contributed by atoms with van der Waals surface area (Å²) in [5.74, 6) is 2.62. The van der Waals surface area contributed by atoms with Gasteiger partial charge in [-0.25, -0.2) is 0 Å². The molecule has 0 atom stereocenters. The predicted octanol–water partition coefficient (Wildman–Crippen LogP) is 4.83. The molecule has 0 aromatic heterocycles. The minimum atomic E-state index is -0.0184. The van der Waals surface area contributed by atoms with E-state index >= 15 is 0 Å². The van der Waals surface area contributed by atoms with Crippen LogP contribution >= 0.6 is 0 Å². The normalized spacial score (nSPS) is 23.8. The van der Waals surface area contributed by atoms with Crippen molar-refractivity contribution < 1.29 is 14.2 Å². The summed E-state index contributed by atoms with van der Waals surface area (Å²) in [4.78, 5) is 4.68. The summed E-state index contributed by atoms with van der Waals surface area (Å²) >= 11 is 0. The van der Waals surface area contributed by atoms with Crippen molar-refractivity contribution in [2.24, 2.45) is 0 Å². The largest absolute Gasteiger partial charge is 0.476 e. The topological polar surface area (TPSA) is 34.2 Å². The zero-order valence-electron chi connectivity index (χ0n) is 19.3. The van der Waals surface area contributed by atoms with Gasteiger partial charge in [0, 0.05) is 43.1 Å². The molecule has 0 saturated carbocycles. The van der Waals surface area contributed by atoms with E-state index < -0.39 is 0 Å². The molecule has 0 spiro atoms. The van der Waals surface area contributed by atoms with Gasteiger partial charge in [-0.05, 0) is 44.4 Å². The van der Waals surface area contributed by atoms with Gasteiger partial charge in [0.05, 0.1) is 18.8 Å². The number of nitrogens with zero attached hydrogens (tertiary/aromatic N) is 2. The summed E-state index contributed by atoms with van der Waals surface area (Å²) in [6.07, 6.45) is 9.56. The van der Waals surface area contributed by atoms with E-state index in [-0.39, 0.29) is 5.54 Å². The number of allylic oxidation sites excluding steroid dienone is 6. The number of rotatable bonds is 4. The van der Waals surface area contributed by atoms with Gasteiger partial charge in [0.15, 0.2) is 5.88 Å². The molecule has 0 unspecified atom stereocenters. The highest BCUT2D eigenvalue weighted by Crippen LogP contribution is 2.40. The van der Waals surface area contributed by atoms with Crippen LogP contribution in [0.2, 0.25) is 0 Å². The first-order valence-corrected chi connectivity index (χ1v) is 11.6. The maximum atomic E-state index is 6.47. The number of morpholine rings is 1. The molecule has 1 aromatic rings.